The van der Waals surface area contributed by atoms with Gasteiger partial charge >= 0.3 is 5.69 Å². The SMILES string of the molecule is Cn1c(=O)c2ccn(CC(=O)N3CCC(Cc4ccccc4)CC3)c2n(C)c1=O. The predicted molar refractivity (Wildman–Crippen MR) is 112 cm³/mol. The number of rotatable bonds is 4. The van der Waals surface area contributed by atoms with E-state index in [9.17, 15) is 14.4 Å². The van der Waals surface area contributed by atoms with E-state index in [1.165, 1.54) is 17.2 Å². The summed E-state index contributed by atoms with van der Waals surface area (Å²) in [5.74, 6) is 0.617. The van der Waals surface area contributed by atoms with Gasteiger partial charge in [0, 0.05) is 33.4 Å². The van der Waals surface area contributed by atoms with Crippen molar-refractivity contribution < 1.29 is 4.79 Å². The Balaban J connectivity index is 1.44. The van der Waals surface area contributed by atoms with Crippen LogP contribution in [0.25, 0.3) is 11.0 Å². The number of amides is 1. The maximum absolute atomic E-state index is 12.9. The summed E-state index contributed by atoms with van der Waals surface area (Å²) >= 11 is 0. The first-order valence-corrected chi connectivity index (χ1v) is 10.0. The number of carbonyl (C=O) groups is 1. The number of aryl methyl sites for hydroxylation is 1. The van der Waals surface area contributed by atoms with Crippen molar-refractivity contribution in [3.8, 4) is 0 Å². The first-order valence-electron chi connectivity index (χ1n) is 10.0. The van der Waals surface area contributed by atoms with Gasteiger partial charge in [-0.25, -0.2) is 4.79 Å². The first kappa shape index (κ1) is 19.2. The third kappa shape index (κ3) is 3.64. The molecule has 1 amide bonds. The number of carbonyl (C=O) groups excluding carboxylic acids is 1. The Labute approximate surface area is 168 Å². The number of hydrogen-bond donors (Lipinski definition) is 0. The van der Waals surface area contributed by atoms with E-state index >= 15 is 0 Å². The van der Waals surface area contributed by atoms with Crippen LogP contribution in [0.5, 0.6) is 0 Å². The number of hydrogen-bond acceptors (Lipinski definition) is 3. The van der Waals surface area contributed by atoms with E-state index in [0.717, 1.165) is 36.9 Å². The number of likely N-dealkylation sites (tertiary alicyclic amines) is 1. The number of fused-ring (bicyclic) bond motifs is 1. The van der Waals surface area contributed by atoms with E-state index in [1.807, 2.05) is 11.0 Å². The average molecular weight is 394 g/mol. The largest absolute Gasteiger partial charge is 0.341 e. The molecule has 152 valence electrons. The quantitative estimate of drug-likeness (QED) is 0.674. The van der Waals surface area contributed by atoms with Crippen molar-refractivity contribution in [3.63, 3.8) is 0 Å². The lowest BCUT2D eigenvalue weighted by Crippen LogP contribution is -2.41. The van der Waals surface area contributed by atoms with Gasteiger partial charge in [0.25, 0.3) is 5.56 Å². The third-order valence-electron chi connectivity index (χ3n) is 6.00. The van der Waals surface area contributed by atoms with Crippen molar-refractivity contribution in [2.45, 2.75) is 25.8 Å². The van der Waals surface area contributed by atoms with Gasteiger partial charge < -0.3 is 9.47 Å². The predicted octanol–water partition coefficient (Wildman–Crippen LogP) is 1.52. The van der Waals surface area contributed by atoms with Gasteiger partial charge in [0.1, 0.15) is 12.2 Å². The molecule has 0 atom stereocenters. The molecule has 3 heterocycles. The molecule has 4 rings (SSSR count). The van der Waals surface area contributed by atoms with Crippen molar-refractivity contribution in [2.24, 2.45) is 20.0 Å². The maximum Gasteiger partial charge on any atom is 0.332 e. The Morgan fingerprint density at radius 2 is 1.69 bits per heavy atom. The summed E-state index contributed by atoms with van der Waals surface area (Å²) in [5.41, 5.74) is 1.11. The number of nitrogens with zero attached hydrogens (tertiary/aromatic N) is 4. The van der Waals surface area contributed by atoms with Crippen LogP contribution >= 0.6 is 0 Å². The highest BCUT2D eigenvalue weighted by atomic mass is 16.2. The summed E-state index contributed by atoms with van der Waals surface area (Å²) < 4.78 is 4.22. The normalized spacial score (nSPS) is 15.2. The molecule has 2 aromatic heterocycles. The summed E-state index contributed by atoms with van der Waals surface area (Å²) in [6.45, 7) is 1.62. The molecule has 1 saturated heterocycles. The minimum Gasteiger partial charge on any atom is -0.341 e. The molecule has 7 heteroatoms. The van der Waals surface area contributed by atoms with Gasteiger partial charge in [-0.3, -0.25) is 18.7 Å². The van der Waals surface area contributed by atoms with Crippen LogP contribution < -0.4 is 11.2 Å². The summed E-state index contributed by atoms with van der Waals surface area (Å²) in [4.78, 5) is 39.3. The first-order chi connectivity index (χ1) is 14.0. The van der Waals surface area contributed by atoms with Gasteiger partial charge in [0.15, 0.2) is 0 Å². The fourth-order valence-corrected chi connectivity index (χ4v) is 4.30. The van der Waals surface area contributed by atoms with Crippen LogP contribution in [0.3, 0.4) is 0 Å². The van der Waals surface area contributed by atoms with Gasteiger partial charge in [-0.2, -0.15) is 0 Å². The Morgan fingerprint density at radius 1 is 1.00 bits per heavy atom. The smallest absolute Gasteiger partial charge is 0.332 e. The van der Waals surface area contributed by atoms with E-state index in [4.69, 9.17) is 0 Å². The molecule has 0 bridgehead atoms. The van der Waals surface area contributed by atoms with Gasteiger partial charge in [-0.15, -0.1) is 0 Å². The molecule has 0 N–H and O–H groups in total. The molecule has 3 aromatic rings. The van der Waals surface area contributed by atoms with Gasteiger partial charge in [0.05, 0.1) is 5.39 Å². The zero-order chi connectivity index (χ0) is 20.5. The van der Waals surface area contributed by atoms with Crippen molar-refractivity contribution >= 4 is 16.9 Å². The number of benzene rings is 1. The summed E-state index contributed by atoms with van der Waals surface area (Å²) in [6.07, 6.45) is 4.75. The van der Waals surface area contributed by atoms with Crippen LogP contribution in [0.1, 0.15) is 18.4 Å². The molecule has 7 nitrogen and oxygen atoms in total. The standard InChI is InChI=1S/C22H26N4O3/c1-23-20-18(21(28)24(2)22(23)29)10-13-26(20)15-19(27)25-11-8-17(9-12-25)14-16-6-4-3-5-7-16/h3-7,10,13,17H,8-9,11-12,14-15H2,1-2H3. The van der Waals surface area contributed by atoms with Gasteiger partial charge in [-0.1, -0.05) is 30.3 Å². The number of aromatic nitrogens is 3. The molecule has 0 radical (unpaired) electrons. The molecule has 1 aromatic carbocycles. The van der Waals surface area contributed by atoms with Crippen LogP contribution in [0, 0.1) is 5.92 Å². The van der Waals surface area contributed by atoms with Crippen LogP contribution in [0.4, 0.5) is 0 Å². The molecule has 0 spiro atoms. The second-order valence-electron chi connectivity index (χ2n) is 7.90. The van der Waals surface area contributed by atoms with Crippen molar-refractivity contribution in [1.29, 1.82) is 0 Å². The zero-order valence-electron chi connectivity index (χ0n) is 16.9. The Kier molecular flexibility index (Phi) is 5.13. The van der Waals surface area contributed by atoms with E-state index in [1.54, 1.807) is 23.9 Å². The third-order valence-corrected chi connectivity index (χ3v) is 6.00. The molecule has 0 saturated carbocycles. The Bertz CT molecular complexity index is 1150. The fraction of sp³-hybridized carbons (Fsp3) is 0.409. The minimum atomic E-state index is -0.392. The van der Waals surface area contributed by atoms with Crippen LogP contribution in [0.2, 0.25) is 0 Å². The highest BCUT2D eigenvalue weighted by molar-refractivity contribution is 5.80. The molecule has 1 fully saturated rings. The second-order valence-corrected chi connectivity index (χ2v) is 7.90. The highest BCUT2D eigenvalue weighted by Crippen LogP contribution is 2.22. The summed E-state index contributed by atoms with van der Waals surface area (Å²) in [5, 5.41) is 0.448. The van der Waals surface area contributed by atoms with Gasteiger partial charge in [-0.05, 0) is 36.8 Å². The molecule has 0 aliphatic carbocycles. The fourth-order valence-electron chi connectivity index (χ4n) is 4.30. The maximum atomic E-state index is 12.9. The lowest BCUT2D eigenvalue weighted by atomic mass is 9.90. The summed E-state index contributed by atoms with van der Waals surface area (Å²) in [6, 6.07) is 12.1. The molecular formula is C22H26N4O3. The Hall–Kier alpha value is -3.09. The number of piperidine rings is 1. The zero-order valence-corrected chi connectivity index (χ0v) is 16.9. The molecule has 1 aliphatic heterocycles. The van der Waals surface area contributed by atoms with Gasteiger partial charge in [0.2, 0.25) is 5.91 Å². The van der Waals surface area contributed by atoms with Crippen molar-refractivity contribution in [3.05, 3.63) is 69.0 Å². The van der Waals surface area contributed by atoms with E-state index in [0.29, 0.717) is 17.0 Å². The molecule has 0 unspecified atom stereocenters. The lowest BCUT2D eigenvalue weighted by molar-refractivity contribution is -0.133. The second kappa shape index (κ2) is 7.73. The van der Waals surface area contributed by atoms with Crippen LogP contribution in [0.15, 0.2) is 52.2 Å². The molecule has 29 heavy (non-hydrogen) atoms. The summed E-state index contributed by atoms with van der Waals surface area (Å²) in [7, 11) is 3.09. The van der Waals surface area contributed by atoms with Crippen LogP contribution in [-0.2, 0) is 31.9 Å². The van der Waals surface area contributed by atoms with E-state index in [2.05, 4.69) is 24.3 Å². The lowest BCUT2D eigenvalue weighted by Gasteiger charge is -2.32. The minimum absolute atomic E-state index is 0.0220. The Morgan fingerprint density at radius 3 is 2.38 bits per heavy atom. The van der Waals surface area contributed by atoms with Crippen LogP contribution in [-0.4, -0.2) is 37.6 Å². The highest BCUT2D eigenvalue weighted by Gasteiger charge is 2.24. The van der Waals surface area contributed by atoms with Crippen molar-refractivity contribution in [1.82, 2.24) is 18.6 Å². The molecule has 1 aliphatic rings. The average Bonchev–Trinajstić information content (AvgIpc) is 3.15. The monoisotopic (exact) mass is 394 g/mol. The van der Waals surface area contributed by atoms with Crippen molar-refractivity contribution in [2.75, 3.05) is 13.1 Å². The molecular weight excluding hydrogens is 368 g/mol. The topological polar surface area (TPSA) is 69.2 Å². The van der Waals surface area contributed by atoms with E-state index in [-0.39, 0.29) is 18.0 Å². The van der Waals surface area contributed by atoms with E-state index < -0.39 is 5.69 Å².